The van der Waals surface area contributed by atoms with E-state index in [0.29, 0.717) is 37.9 Å². The predicted octanol–water partition coefficient (Wildman–Crippen LogP) is 2.55. The maximum absolute atomic E-state index is 5.73. The lowest BCUT2D eigenvalue weighted by molar-refractivity contribution is 0.297. The fraction of sp³-hybridized carbons (Fsp3) is 0.500. The van der Waals surface area contributed by atoms with Crippen molar-refractivity contribution in [1.29, 1.82) is 0 Å². The summed E-state index contributed by atoms with van der Waals surface area (Å²) in [6, 6.07) is 5.82. The summed E-state index contributed by atoms with van der Waals surface area (Å²) in [6.45, 7) is 6.63. The van der Waals surface area contributed by atoms with Gasteiger partial charge in [-0.3, -0.25) is 4.99 Å². The van der Waals surface area contributed by atoms with Crippen LogP contribution < -0.4 is 20.1 Å². The zero-order valence-electron chi connectivity index (χ0n) is 15.2. The van der Waals surface area contributed by atoms with Crippen molar-refractivity contribution in [3.63, 3.8) is 0 Å². The van der Waals surface area contributed by atoms with Crippen molar-refractivity contribution in [3.05, 3.63) is 29.9 Å². The van der Waals surface area contributed by atoms with Crippen LogP contribution in [0.1, 0.15) is 31.5 Å². The number of aryl methyl sites for hydroxylation is 2. The average Bonchev–Trinajstić information content (AvgIpc) is 2.90. The van der Waals surface area contributed by atoms with E-state index in [2.05, 4.69) is 25.8 Å². The molecule has 8 heteroatoms. The van der Waals surface area contributed by atoms with E-state index in [4.69, 9.17) is 14.0 Å². The number of aromatic nitrogens is 2. The zero-order chi connectivity index (χ0) is 18.2. The van der Waals surface area contributed by atoms with Crippen LogP contribution in [0.4, 0.5) is 5.69 Å². The van der Waals surface area contributed by atoms with Gasteiger partial charge in [0.25, 0.3) is 0 Å². The second-order valence-corrected chi connectivity index (χ2v) is 5.94. The van der Waals surface area contributed by atoms with Crippen LogP contribution in [0.15, 0.2) is 27.7 Å². The molecule has 1 aliphatic heterocycles. The Morgan fingerprint density at radius 3 is 2.85 bits per heavy atom. The Bertz CT molecular complexity index is 744. The van der Waals surface area contributed by atoms with E-state index < -0.39 is 0 Å². The monoisotopic (exact) mass is 359 g/mol. The summed E-state index contributed by atoms with van der Waals surface area (Å²) >= 11 is 0. The fourth-order valence-electron chi connectivity index (χ4n) is 2.55. The van der Waals surface area contributed by atoms with Gasteiger partial charge < -0.3 is 24.6 Å². The zero-order valence-corrected chi connectivity index (χ0v) is 15.2. The highest BCUT2D eigenvalue weighted by molar-refractivity contribution is 5.93. The van der Waals surface area contributed by atoms with Gasteiger partial charge in [-0.05, 0) is 32.4 Å². The molecule has 0 fully saturated rings. The highest BCUT2D eigenvalue weighted by atomic mass is 16.5. The maximum atomic E-state index is 5.73. The second-order valence-electron chi connectivity index (χ2n) is 5.94. The van der Waals surface area contributed by atoms with E-state index in [1.54, 1.807) is 0 Å². The van der Waals surface area contributed by atoms with Gasteiger partial charge in [-0.1, -0.05) is 5.16 Å². The molecule has 0 unspecified atom stereocenters. The number of rotatable bonds is 6. The molecule has 1 aromatic heterocycles. The van der Waals surface area contributed by atoms with E-state index in [1.165, 1.54) is 0 Å². The molecule has 26 heavy (non-hydrogen) atoms. The summed E-state index contributed by atoms with van der Waals surface area (Å²) in [6.07, 6.45) is 2.44. The number of benzene rings is 1. The van der Waals surface area contributed by atoms with Crippen LogP contribution in [-0.4, -0.2) is 42.4 Å². The molecule has 2 heterocycles. The number of hydrogen-bond donors (Lipinski definition) is 2. The van der Waals surface area contributed by atoms with Crippen LogP contribution >= 0.6 is 0 Å². The smallest absolute Gasteiger partial charge is 0.226 e. The summed E-state index contributed by atoms with van der Waals surface area (Å²) in [5.74, 6) is 3.58. The summed E-state index contributed by atoms with van der Waals surface area (Å²) in [5, 5.41) is 10.3. The largest absolute Gasteiger partial charge is 0.490 e. The van der Waals surface area contributed by atoms with Gasteiger partial charge in [-0.2, -0.15) is 4.98 Å². The molecule has 3 rings (SSSR count). The first-order valence-electron chi connectivity index (χ1n) is 8.99. The lowest BCUT2D eigenvalue weighted by Gasteiger charge is -2.13. The Kier molecular flexibility index (Phi) is 6.29. The molecular weight excluding hydrogens is 334 g/mol. The lowest BCUT2D eigenvalue weighted by atomic mass is 10.2. The molecular formula is C18H25N5O3. The summed E-state index contributed by atoms with van der Waals surface area (Å²) in [5.41, 5.74) is 0.904. The molecule has 2 N–H and O–H groups in total. The first-order chi connectivity index (χ1) is 12.7. The number of nitrogens with one attached hydrogen (secondary N) is 2. The molecule has 0 radical (unpaired) electrons. The van der Waals surface area contributed by atoms with Crippen LogP contribution in [0.3, 0.4) is 0 Å². The Morgan fingerprint density at radius 2 is 2.08 bits per heavy atom. The minimum Gasteiger partial charge on any atom is -0.490 e. The highest BCUT2D eigenvalue weighted by Crippen LogP contribution is 2.32. The summed E-state index contributed by atoms with van der Waals surface area (Å²) in [7, 11) is 0. The van der Waals surface area contributed by atoms with Crippen LogP contribution in [0.2, 0.25) is 0 Å². The standard InChI is InChI=1S/C18H25N5O3/c1-3-19-18(20-9-4-6-17-21-13(2)23-26-17)22-14-7-8-15-16(12-14)25-11-5-10-24-15/h7-8,12H,3-6,9-11H2,1-2H3,(H2,19,20,22). The number of ether oxygens (including phenoxy) is 2. The number of fused-ring (bicyclic) bond motifs is 1. The minimum absolute atomic E-state index is 0.651. The Balaban J connectivity index is 1.57. The van der Waals surface area contributed by atoms with Crippen molar-refractivity contribution in [3.8, 4) is 11.5 Å². The van der Waals surface area contributed by atoms with Gasteiger partial charge in [0.15, 0.2) is 23.3 Å². The van der Waals surface area contributed by atoms with Crippen molar-refractivity contribution < 1.29 is 14.0 Å². The molecule has 0 saturated heterocycles. The number of nitrogens with zero attached hydrogens (tertiary/aromatic N) is 3. The van der Waals surface area contributed by atoms with Crippen molar-refractivity contribution in [1.82, 2.24) is 15.5 Å². The van der Waals surface area contributed by atoms with E-state index >= 15 is 0 Å². The van der Waals surface area contributed by atoms with E-state index in [-0.39, 0.29) is 0 Å². The number of aliphatic imine (C=N–C) groups is 1. The molecule has 0 spiro atoms. The first-order valence-corrected chi connectivity index (χ1v) is 8.99. The summed E-state index contributed by atoms with van der Waals surface area (Å²) in [4.78, 5) is 8.79. The molecule has 1 aromatic carbocycles. The van der Waals surface area contributed by atoms with Gasteiger partial charge in [-0.15, -0.1) is 0 Å². The molecule has 0 atom stereocenters. The van der Waals surface area contributed by atoms with Gasteiger partial charge in [0.1, 0.15) is 0 Å². The van der Waals surface area contributed by atoms with Crippen LogP contribution in [-0.2, 0) is 6.42 Å². The molecule has 1 aliphatic rings. The predicted molar refractivity (Wildman–Crippen MR) is 99.0 cm³/mol. The normalized spacial score (nSPS) is 14.0. The van der Waals surface area contributed by atoms with Crippen molar-refractivity contribution >= 4 is 11.6 Å². The van der Waals surface area contributed by atoms with Crippen molar-refractivity contribution in [2.75, 3.05) is 31.6 Å². The third kappa shape index (κ3) is 5.11. The Morgan fingerprint density at radius 1 is 1.23 bits per heavy atom. The average molecular weight is 359 g/mol. The van der Waals surface area contributed by atoms with Crippen LogP contribution in [0.5, 0.6) is 11.5 Å². The third-order valence-electron chi connectivity index (χ3n) is 3.74. The Labute approximate surface area is 153 Å². The van der Waals surface area contributed by atoms with Gasteiger partial charge in [0, 0.05) is 37.7 Å². The van der Waals surface area contributed by atoms with Gasteiger partial charge in [0.2, 0.25) is 5.89 Å². The third-order valence-corrected chi connectivity index (χ3v) is 3.74. The van der Waals surface area contributed by atoms with Crippen molar-refractivity contribution in [2.24, 2.45) is 4.99 Å². The minimum atomic E-state index is 0.651. The van der Waals surface area contributed by atoms with E-state index in [9.17, 15) is 0 Å². The van der Waals surface area contributed by atoms with E-state index in [1.807, 2.05) is 32.0 Å². The molecule has 2 aromatic rings. The van der Waals surface area contributed by atoms with Crippen LogP contribution in [0.25, 0.3) is 0 Å². The molecule has 0 amide bonds. The molecule has 8 nitrogen and oxygen atoms in total. The topological polar surface area (TPSA) is 93.8 Å². The fourth-order valence-corrected chi connectivity index (χ4v) is 2.55. The first kappa shape index (κ1) is 18.0. The SMILES string of the molecule is CCNC(=NCCCc1nc(C)no1)Nc1ccc2c(c1)OCCCO2. The highest BCUT2D eigenvalue weighted by Gasteiger charge is 2.11. The Hall–Kier alpha value is -2.77. The van der Waals surface area contributed by atoms with Gasteiger partial charge in [-0.25, -0.2) is 0 Å². The number of hydrogen-bond acceptors (Lipinski definition) is 6. The van der Waals surface area contributed by atoms with Gasteiger partial charge >= 0.3 is 0 Å². The van der Waals surface area contributed by atoms with Crippen molar-refractivity contribution in [2.45, 2.75) is 33.1 Å². The number of guanidine groups is 1. The maximum Gasteiger partial charge on any atom is 0.226 e. The quantitative estimate of drug-likeness (QED) is 0.465. The number of anilines is 1. The lowest BCUT2D eigenvalue weighted by Crippen LogP contribution is -2.30. The van der Waals surface area contributed by atoms with Crippen LogP contribution in [0, 0.1) is 6.92 Å². The summed E-state index contributed by atoms with van der Waals surface area (Å²) < 4.78 is 16.5. The van der Waals surface area contributed by atoms with E-state index in [0.717, 1.165) is 42.5 Å². The second kappa shape index (κ2) is 9.07. The molecule has 0 aliphatic carbocycles. The molecule has 140 valence electrons. The molecule has 0 bridgehead atoms. The van der Waals surface area contributed by atoms with Gasteiger partial charge in [0.05, 0.1) is 13.2 Å². The molecule has 0 saturated carbocycles.